The van der Waals surface area contributed by atoms with Crippen LogP contribution in [0, 0.1) is 0 Å². The second-order valence-electron chi connectivity index (χ2n) is 3.81. The summed E-state index contributed by atoms with van der Waals surface area (Å²) in [5.41, 5.74) is 9.39. The van der Waals surface area contributed by atoms with Gasteiger partial charge < -0.3 is 15.3 Å². The Balaban J connectivity index is 0.00000242. The Bertz CT molecular complexity index is 713. The van der Waals surface area contributed by atoms with Crippen molar-refractivity contribution in [3.63, 3.8) is 0 Å². The number of nitrogens with zero attached hydrogens (tertiary/aromatic N) is 4. The van der Waals surface area contributed by atoms with E-state index in [2.05, 4.69) is 62.2 Å². The van der Waals surface area contributed by atoms with Gasteiger partial charge in [-0.15, -0.1) is 12.4 Å². The van der Waals surface area contributed by atoms with Crippen LogP contribution in [-0.2, 0) is 0 Å². The van der Waals surface area contributed by atoms with Crippen LogP contribution in [0.4, 0.5) is 5.95 Å². The molecule has 0 fully saturated rings. The van der Waals surface area contributed by atoms with Crippen molar-refractivity contribution >= 4 is 62.2 Å². The Morgan fingerprint density at radius 1 is 1.50 bits per heavy atom. The molecular weight excluding hydrogens is 442 g/mol. The molecule has 0 aromatic carbocycles. The maximum atomic E-state index is 11.8. The average Bonchev–Trinajstić information content (AvgIpc) is 3.03. The van der Waals surface area contributed by atoms with Crippen LogP contribution >= 0.6 is 44.3 Å². The third kappa shape index (κ3) is 4.92. The zero-order valence-corrected chi connectivity index (χ0v) is 14.9. The summed E-state index contributed by atoms with van der Waals surface area (Å²) in [5, 5.41) is 6.06. The topological polar surface area (TPSA) is 122 Å². The van der Waals surface area contributed by atoms with E-state index in [1.165, 1.54) is 6.20 Å². The fraction of sp³-hybridized carbons (Fsp3) is 0.0909. The summed E-state index contributed by atoms with van der Waals surface area (Å²) >= 11 is 6.56. The summed E-state index contributed by atoms with van der Waals surface area (Å²) in [4.78, 5) is 24.0. The molecule has 3 N–H and O–H groups in total. The molecule has 0 unspecified atom stereocenters. The first-order chi connectivity index (χ1) is 10.1. The minimum atomic E-state index is -0.217. The van der Waals surface area contributed by atoms with E-state index >= 15 is 0 Å². The van der Waals surface area contributed by atoms with E-state index in [0.717, 1.165) is 4.47 Å². The normalized spacial score (nSPS) is 10.1. The smallest absolute Gasteiger partial charge is 0.268 e. The van der Waals surface area contributed by atoms with Gasteiger partial charge in [0.25, 0.3) is 5.91 Å². The lowest BCUT2D eigenvalue weighted by Gasteiger charge is -1.98. The second kappa shape index (κ2) is 8.64. The van der Waals surface area contributed by atoms with Crippen LogP contribution in [0.15, 0.2) is 32.5 Å². The van der Waals surface area contributed by atoms with Crippen LogP contribution in [0.1, 0.15) is 16.2 Å². The maximum absolute atomic E-state index is 11.8. The van der Waals surface area contributed by atoms with Crippen molar-refractivity contribution in [3.05, 3.63) is 49.2 Å². The van der Waals surface area contributed by atoms with E-state index in [1.54, 1.807) is 18.2 Å². The quantitative estimate of drug-likeness (QED) is 0.274. The fourth-order valence-corrected chi connectivity index (χ4v) is 2.12. The molecule has 11 heteroatoms. The first-order valence-corrected chi connectivity index (χ1v) is 7.27. The van der Waals surface area contributed by atoms with Gasteiger partial charge in [0, 0.05) is 11.5 Å². The highest BCUT2D eigenvalue weighted by molar-refractivity contribution is 9.13. The van der Waals surface area contributed by atoms with Gasteiger partial charge in [-0.25, -0.2) is 4.98 Å². The molecule has 1 amide bonds. The van der Waals surface area contributed by atoms with Crippen LogP contribution < -0.4 is 5.32 Å². The first-order valence-electron chi connectivity index (χ1n) is 5.69. The van der Waals surface area contributed by atoms with E-state index in [1.807, 2.05) is 0 Å². The number of rotatable bonds is 5. The lowest BCUT2D eigenvalue weighted by molar-refractivity contribution is 0.0953. The largest absolute Gasteiger partial charge is 0.347 e. The molecule has 22 heavy (non-hydrogen) atoms. The lowest BCUT2D eigenvalue weighted by atomic mass is 10.4. The summed E-state index contributed by atoms with van der Waals surface area (Å²) in [5.74, 6) is -0.0206. The molecule has 2 heterocycles. The van der Waals surface area contributed by atoms with Crippen LogP contribution in [0.3, 0.4) is 0 Å². The number of aromatic nitrogens is 3. The Kier molecular flexibility index (Phi) is 7.19. The third-order valence-corrected chi connectivity index (χ3v) is 4.15. The number of aromatic amines is 2. The highest BCUT2D eigenvalue weighted by Gasteiger charge is 2.09. The van der Waals surface area contributed by atoms with E-state index in [-0.39, 0.29) is 24.3 Å². The summed E-state index contributed by atoms with van der Waals surface area (Å²) < 4.78 is 1.50. The molecule has 2 rings (SSSR count). The fourth-order valence-electron chi connectivity index (χ4n) is 1.46. The molecule has 0 aliphatic heterocycles. The number of nitrogens with one attached hydrogen (secondary N) is 3. The molecule has 8 nitrogen and oxygen atoms in total. The Hall–Kier alpha value is -1.74. The van der Waals surface area contributed by atoms with Crippen LogP contribution in [0.2, 0.25) is 0 Å². The molecule has 0 saturated heterocycles. The number of H-pyrrole nitrogens is 2. The summed E-state index contributed by atoms with van der Waals surface area (Å²) in [6.07, 6.45) is 5.00. The van der Waals surface area contributed by atoms with Crippen molar-refractivity contribution in [2.24, 2.45) is 5.11 Å². The van der Waals surface area contributed by atoms with Gasteiger partial charge in [0.1, 0.15) is 5.69 Å². The summed E-state index contributed by atoms with van der Waals surface area (Å²) in [6, 6.07) is 1.68. The molecule has 2 aromatic rings. The molecule has 116 valence electrons. The number of carbonyl (C=O) groups excluding carboxylic acids is 1. The minimum Gasteiger partial charge on any atom is -0.347 e. The molecule has 0 aliphatic carbocycles. The van der Waals surface area contributed by atoms with E-state index in [4.69, 9.17) is 5.53 Å². The molecular formula is C11H10Br2ClN7O. The zero-order valence-electron chi connectivity index (χ0n) is 10.9. The first kappa shape index (κ1) is 18.3. The van der Waals surface area contributed by atoms with Gasteiger partial charge in [-0.2, -0.15) is 0 Å². The highest BCUT2D eigenvalue weighted by Crippen LogP contribution is 2.22. The van der Waals surface area contributed by atoms with Gasteiger partial charge in [0.15, 0.2) is 5.95 Å². The number of amides is 1. The predicted molar refractivity (Wildman–Crippen MR) is 92.2 cm³/mol. The number of hydrogen-bond donors (Lipinski definition) is 3. The Labute approximate surface area is 148 Å². The van der Waals surface area contributed by atoms with Crippen molar-refractivity contribution in [1.82, 2.24) is 20.3 Å². The molecule has 0 saturated carbocycles. The molecule has 0 atom stereocenters. The van der Waals surface area contributed by atoms with Crippen molar-refractivity contribution in [1.29, 1.82) is 0 Å². The standard InChI is InChI=1S/C11H9Br2N7O.ClH/c12-7-4-8(18-9(7)13)10(21)15-3-1-2-6-5-16-11(17-6)19-20-14;/h1-2,4-5,18H,3H2,(H,15,21)(H,16,17);1H/b2-1+;/i15+1;. The number of azide groups is 1. The van der Waals surface area contributed by atoms with Gasteiger partial charge in [-0.05, 0) is 54.6 Å². The number of halogens is 3. The van der Waals surface area contributed by atoms with Gasteiger partial charge in [-0.3, -0.25) is 4.79 Å². The van der Waals surface area contributed by atoms with Gasteiger partial charge in [0.2, 0.25) is 0 Å². The summed E-state index contributed by atoms with van der Waals surface area (Å²) in [6.45, 7) is 0.350. The second-order valence-corrected chi connectivity index (χ2v) is 5.46. The molecule has 0 aliphatic rings. The SMILES string of the molecule is Cl.[N-]=[N+]=Nc1ncc(/C=C/C[15NH]C(=O)c2cc(Br)c(Br)[nH]2)[nH]1. The molecule has 0 spiro atoms. The van der Waals surface area contributed by atoms with Gasteiger partial charge in [-0.1, -0.05) is 6.08 Å². The van der Waals surface area contributed by atoms with E-state index < -0.39 is 0 Å². The van der Waals surface area contributed by atoms with Crippen molar-refractivity contribution < 1.29 is 4.79 Å². The maximum Gasteiger partial charge on any atom is 0.268 e. The monoisotopic (exact) mass is 450 g/mol. The Morgan fingerprint density at radius 3 is 2.91 bits per heavy atom. The minimum absolute atomic E-state index is 0. The predicted octanol–water partition coefficient (Wildman–Crippen LogP) is 4.07. The Morgan fingerprint density at radius 2 is 2.27 bits per heavy atom. The van der Waals surface area contributed by atoms with Crippen LogP contribution in [0.25, 0.3) is 16.5 Å². The number of imidazole rings is 1. The van der Waals surface area contributed by atoms with Crippen molar-refractivity contribution in [2.45, 2.75) is 0 Å². The van der Waals surface area contributed by atoms with Gasteiger partial charge in [0.05, 0.1) is 21.0 Å². The number of hydrogen-bond acceptors (Lipinski definition) is 3. The average molecular weight is 453 g/mol. The van der Waals surface area contributed by atoms with Crippen molar-refractivity contribution in [2.75, 3.05) is 6.54 Å². The summed E-state index contributed by atoms with van der Waals surface area (Å²) in [7, 11) is 0. The number of carbonyl (C=O) groups is 1. The van der Waals surface area contributed by atoms with Crippen LogP contribution in [-0.4, -0.2) is 27.4 Å². The zero-order chi connectivity index (χ0) is 15.2. The molecule has 2 aromatic heterocycles. The highest BCUT2D eigenvalue weighted by atomic mass is 79.9. The van der Waals surface area contributed by atoms with E-state index in [0.29, 0.717) is 22.5 Å². The molecule has 0 radical (unpaired) electrons. The van der Waals surface area contributed by atoms with E-state index in [9.17, 15) is 4.79 Å². The molecule has 0 bridgehead atoms. The van der Waals surface area contributed by atoms with Gasteiger partial charge >= 0.3 is 0 Å². The lowest BCUT2D eigenvalue weighted by Crippen LogP contribution is -2.23. The third-order valence-electron chi connectivity index (χ3n) is 2.37. The van der Waals surface area contributed by atoms with Crippen LogP contribution in [0.5, 0.6) is 0 Å². The van der Waals surface area contributed by atoms with Crippen molar-refractivity contribution in [3.8, 4) is 0 Å².